The first kappa shape index (κ1) is 11.3. The number of aromatic carboxylic acids is 1. The van der Waals surface area contributed by atoms with Crippen LogP contribution in [-0.4, -0.2) is 29.2 Å². The molecule has 0 fully saturated rings. The second-order valence-electron chi connectivity index (χ2n) is 2.47. The molecule has 0 heterocycles. The monoisotopic (exact) mass is 234 g/mol. The summed E-state index contributed by atoms with van der Waals surface area (Å²) in [6.45, 7) is 0. The molecule has 7 nitrogen and oxygen atoms in total. The summed E-state index contributed by atoms with van der Waals surface area (Å²) in [6, 6.07) is 3.20. The van der Waals surface area contributed by atoms with Crippen molar-refractivity contribution in [1.82, 2.24) is 0 Å². The molecule has 0 saturated carbocycles. The van der Waals surface area contributed by atoms with Crippen molar-refractivity contribution in [3.63, 3.8) is 0 Å². The van der Waals surface area contributed by atoms with Crippen LogP contribution in [0, 0.1) is 0 Å². The van der Waals surface area contributed by atoms with Crippen LogP contribution in [0.1, 0.15) is 10.4 Å². The maximum atomic E-state index is 10.5. The summed E-state index contributed by atoms with van der Waals surface area (Å²) < 4.78 is 32.9. The van der Waals surface area contributed by atoms with Crippen LogP contribution in [-0.2, 0) is 10.4 Å². The van der Waals surface area contributed by atoms with Gasteiger partial charge in [-0.25, -0.2) is 4.79 Å². The number of hydrogen-bond acceptors (Lipinski definition) is 5. The van der Waals surface area contributed by atoms with Gasteiger partial charge in [0, 0.05) is 0 Å². The molecule has 0 bridgehead atoms. The van der Waals surface area contributed by atoms with Crippen molar-refractivity contribution in [3.8, 4) is 11.5 Å². The normalized spacial score (nSPS) is 11.0. The van der Waals surface area contributed by atoms with Crippen LogP contribution in [0.4, 0.5) is 0 Å². The van der Waals surface area contributed by atoms with Gasteiger partial charge in [-0.3, -0.25) is 4.55 Å². The fraction of sp³-hybridized carbons (Fsp3) is 0. The number of benzene rings is 1. The van der Waals surface area contributed by atoms with Crippen molar-refractivity contribution in [3.05, 3.63) is 23.8 Å². The molecule has 0 aliphatic rings. The molecule has 0 amide bonds. The van der Waals surface area contributed by atoms with E-state index in [0.717, 1.165) is 18.2 Å². The van der Waals surface area contributed by atoms with E-state index in [1.807, 2.05) is 0 Å². The molecule has 8 heteroatoms. The van der Waals surface area contributed by atoms with Crippen molar-refractivity contribution in [2.75, 3.05) is 0 Å². The quantitative estimate of drug-likeness (QED) is 0.641. The molecule has 0 radical (unpaired) electrons. The van der Waals surface area contributed by atoms with Crippen LogP contribution in [0.2, 0.25) is 0 Å². The zero-order chi connectivity index (χ0) is 11.6. The minimum Gasteiger partial charge on any atom is -0.504 e. The van der Waals surface area contributed by atoms with Gasteiger partial charge in [0.25, 0.3) is 0 Å². The molecule has 1 rings (SSSR count). The fourth-order valence-corrected chi connectivity index (χ4v) is 1.24. The van der Waals surface area contributed by atoms with Crippen molar-refractivity contribution in [2.45, 2.75) is 0 Å². The number of carboxylic acid groups (broad SMARTS) is 1. The average Bonchev–Trinajstić information content (AvgIpc) is 2.05. The molecule has 0 unspecified atom stereocenters. The van der Waals surface area contributed by atoms with Crippen molar-refractivity contribution < 1.29 is 32.2 Å². The minimum atomic E-state index is -4.80. The van der Waals surface area contributed by atoms with Gasteiger partial charge in [-0.15, -0.1) is 0 Å². The van der Waals surface area contributed by atoms with Gasteiger partial charge < -0.3 is 14.4 Å². The van der Waals surface area contributed by atoms with E-state index in [4.69, 9.17) is 9.66 Å². The molecule has 0 aliphatic carbocycles. The summed E-state index contributed by atoms with van der Waals surface area (Å²) in [5.74, 6) is -2.98. The summed E-state index contributed by atoms with van der Waals surface area (Å²) in [6.07, 6.45) is 0. The third kappa shape index (κ3) is 2.82. The van der Waals surface area contributed by atoms with Gasteiger partial charge in [0.15, 0.2) is 11.5 Å². The van der Waals surface area contributed by atoms with Gasteiger partial charge in [-0.05, 0) is 12.1 Å². The van der Waals surface area contributed by atoms with E-state index in [-0.39, 0.29) is 0 Å². The summed E-state index contributed by atoms with van der Waals surface area (Å²) in [5.41, 5.74) is -0.531. The van der Waals surface area contributed by atoms with Crippen LogP contribution in [0.5, 0.6) is 11.5 Å². The van der Waals surface area contributed by atoms with Crippen LogP contribution in [0.3, 0.4) is 0 Å². The molecular formula is C7H6O7S. The first-order valence-electron chi connectivity index (χ1n) is 3.53. The number of carbonyl (C=O) groups is 1. The number of rotatable bonds is 3. The number of phenols is 1. The highest BCUT2D eigenvalue weighted by Gasteiger charge is 2.17. The van der Waals surface area contributed by atoms with E-state index < -0.39 is 33.4 Å². The standard InChI is InChI=1S/C7H6O7S/c8-6-4(7(9)10)2-1-3-5(6)14-15(11,12)13/h1-3,8H,(H,9,10)(H,11,12,13). The fourth-order valence-electron chi connectivity index (χ4n) is 0.876. The second-order valence-corrected chi connectivity index (χ2v) is 3.49. The Balaban J connectivity index is 3.22. The summed E-state index contributed by atoms with van der Waals surface area (Å²) in [7, 11) is -4.80. The van der Waals surface area contributed by atoms with Gasteiger partial charge in [0.1, 0.15) is 5.56 Å². The molecule has 0 atom stereocenters. The zero-order valence-corrected chi connectivity index (χ0v) is 7.93. The molecule has 3 N–H and O–H groups in total. The number of para-hydroxylation sites is 1. The Kier molecular flexibility index (Phi) is 2.82. The van der Waals surface area contributed by atoms with Crippen molar-refractivity contribution >= 4 is 16.4 Å². The van der Waals surface area contributed by atoms with E-state index in [1.54, 1.807) is 0 Å². The van der Waals surface area contributed by atoms with Crippen LogP contribution in [0.25, 0.3) is 0 Å². The molecule has 1 aromatic carbocycles. The lowest BCUT2D eigenvalue weighted by molar-refractivity contribution is 0.0693. The maximum Gasteiger partial charge on any atom is 0.446 e. The molecule has 82 valence electrons. The lowest BCUT2D eigenvalue weighted by Gasteiger charge is -2.05. The van der Waals surface area contributed by atoms with Crippen molar-refractivity contribution in [2.24, 2.45) is 0 Å². The zero-order valence-electron chi connectivity index (χ0n) is 7.11. The molecule has 0 spiro atoms. The molecular weight excluding hydrogens is 228 g/mol. The predicted molar refractivity (Wildman–Crippen MR) is 47.2 cm³/mol. The van der Waals surface area contributed by atoms with Gasteiger partial charge in [-0.2, -0.15) is 8.42 Å². The summed E-state index contributed by atoms with van der Waals surface area (Å²) in [5, 5.41) is 17.8. The van der Waals surface area contributed by atoms with E-state index >= 15 is 0 Å². The minimum absolute atomic E-state index is 0.531. The number of aromatic hydroxyl groups is 1. The topological polar surface area (TPSA) is 121 Å². The Morgan fingerprint density at radius 1 is 1.33 bits per heavy atom. The molecule has 0 aliphatic heterocycles. The highest BCUT2D eigenvalue weighted by molar-refractivity contribution is 7.81. The molecule has 15 heavy (non-hydrogen) atoms. The van der Waals surface area contributed by atoms with Gasteiger partial charge in [-0.1, -0.05) is 6.07 Å². The Morgan fingerprint density at radius 3 is 2.40 bits per heavy atom. The van der Waals surface area contributed by atoms with Gasteiger partial charge in [0.05, 0.1) is 0 Å². The van der Waals surface area contributed by atoms with E-state index in [2.05, 4.69) is 4.18 Å². The van der Waals surface area contributed by atoms with E-state index in [9.17, 15) is 18.3 Å². The molecule has 0 aromatic heterocycles. The third-order valence-corrected chi connectivity index (χ3v) is 1.81. The molecule has 1 aromatic rings. The highest BCUT2D eigenvalue weighted by atomic mass is 32.3. The first-order valence-corrected chi connectivity index (χ1v) is 4.90. The second kappa shape index (κ2) is 3.75. The maximum absolute atomic E-state index is 10.5. The lowest BCUT2D eigenvalue weighted by Crippen LogP contribution is -2.08. The van der Waals surface area contributed by atoms with E-state index in [0.29, 0.717) is 0 Å². The lowest BCUT2D eigenvalue weighted by atomic mass is 10.2. The predicted octanol–water partition coefficient (Wildman–Crippen LogP) is 0.272. The van der Waals surface area contributed by atoms with Crippen molar-refractivity contribution in [1.29, 1.82) is 0 Å². The average molecular weight is 234 g/mol. The number of hydrogen-bond donors (Lipinski definition) is 3. The Labute approximate surface area is 84.5 Å². The summed E-state index contributed by atoms with van der Waals surface area (Å²) in [4.78, 5) is 10.5. The van der Waals surface area contributed by atoms with Gasteiger partial charge in [0.2, 0.25) is 0 Å². The SMILES string of the molecule is O=C(O)c1cccc(OS(=O)(=O)O)c1O. The Bertz CT molecular complexity index is 490. The molecule has 0 saturated heterocycles. The van der Waals surface area contributed by atoms with Crippen LogP contribution < -0.4 is 4.18 Å². The summed E-state index contributed by atoms with van der Waals surface area (Å²) >= 11 is 0. The Hall–Kier alpha value is -1.80. The third-order valence-electron chi connectivity index (χ3n) is 1.42. The van der Waals surface area contributed by atoms with E-state index in [1.165, 1.54) is 0 Å². The van der Waals surface area contributed by atoms with Crippen LogP contribution in [0.15, 0.2) is 18.2 Å². The highest BCUT2D eigenvalue weighted by Crippen LogP contribution is 2.30. The van der Waals surface area contributed by atoms with Gasteiger partial charge >= 0.3 is 16.4 Å². The Morgan fingerprint density at radius 2 is 1.93 bits per heavy atom. The first-order chi connectivity index (χ1) is 6.81. The number of carboxylic acids is 1. The smallest absolute Gasteiger partial charge is 0.446 e. The van der Waals surface area contributed by atoms with Crippen LogP contribution >= 0.6 is 0 Å². The largest absolute Gasteiger partial charge is 0.504 e.